The number of benzene rings is 2. The highest BCUT2D eigenvalue weighted by atomic mass is 16.5. The van der Waals surface area contributed by atoms with Crippen LogP contribution >= 0.6 is 0 Å². The largest absolute Gasteiger partial charge is 0.486 e. The number of hydrogen-bond donors (Lipinski definition) is 4. The van der Waals surface area contributed by atoms with Gasteiger partial charge in [-0.2, -0.15) is 0 Å². The highest BCUT2D eigenvalue weighted by Gasteiger charge is 2.50. The van der Waals surface area contributed by atoms with Crippen molar-refractivity contribution in [2.24, 2.45) is 0 Å². The molecule has 0 unspecified atom stereocenters. The number of nitrogens with one attached hydrogen (secondary N) is 2. The third kappa shape index (κ3) is 4.31. The Morgan fingerprint density at radius 2 is 1.91 bits per heavy atom. The van der Waals surface area contributed by atoms with Crippen LogP contribution in [-0.2, 0) is 16.0 Å². The fourth-order valence-electron chi connectivity index (χ4n) is 5.22. The molecular weight excluding hydrogens is 446 g/mol. The first-order valence-electron chi connectivity index (χ1n) is 11.9. The summed E-state index contributed by atoms with van der Waals surface area (Å²) in [4.78, 5) is 30.8. The predicted octanol–water partition coefficient (Wildman–Crippen LogP) is 1.88. The molecule has 2 heterocycles. The topological polar surface area (TPSA) is 115 Å². The Kier molecular flexibility index (Phi) is 6.32. The number of H-pyrrole nitrogens is 1. The lowest BCUT2D eigenvalue weighted by molar-refractivity contribution is -0.134. The van der Waals surface area contributed by atoms with Crippen LogP contribution in [0, 0.1) is 0 Å². The van der Waals surface area contributed by atoms with Crippen LogP contribution in [0.25, 0.3) is 10.9 Å². The molecule has 182 valence electrons. The number of aliphatic hydroxyl groups is 2. The van der Waals surface area contributed by atoms with E-state index in [1.165, 1.54) is 6.92 Å². The van der Waals surface area contributed by atoms with Crippen molar-refractivity contribution in [2.45, 2.75) is 37.5 Å². The van der Waals surface area contributed by atoms with Gasteiger partial charge in [0.05, 0.1) is 18.6 Å². The first-order chi connectivity index (χ1) is 17.0. The van der Waals surface area contributed by atoms with Crippen LogP contribution in [-0.4, -0.2) is 69.9 Å². The number of carbonyl (C=O) groups excluding carboxylic acids is 2. The Morgan fingerprint density at radius 1 is 1.14 bits per heavy atom. The fourth-order valence-corrected chi connectivity index (χ4v) is 5.22. The van der Waals surface area contributed by atoms with E-state index in [2.05, 4.69) is 16.4 Å². The summed E-state index contributed by atoms with van der Waals surface area (Å²) < 4.78 is 6.11. The first-order valence-corrected chi connectivity index (χ1v) is 11.9. The number of amides is 2. The zero-order chi connectivity index (χ0) is 24.5. The molecule has 1 aliphatic carbocycles. The number of nitrogens with zero attached hydrogens (tertiary/aromatic N) is 1. The van der Waals surface area contributed by atoms with Crippen molar-refractivity contribution in [2.75, 3.05) is 19.7 Å². The van der Waals surface area contributed by atoms with E-state index < -0.39 is 24.2 Å². The van der Waals surface area contributed by atoms with Crippen LogP contribution < -0.4 is 10.1 Å². The summed E-state index contributed by atoms with van der Waals surface area (Å²) in [7, 11) is 0. The van der Waals surface area contributed by atoms with Crippen LogP contribution in [0.2, 0.25) is 0 Å². The molecule has 0 saturated heterocycles. The van der Waals surface area contributed by atoms with Gasteiger partial charge in [0.1, 0.15) is 18.0 Å². The fraction of sp³-hybridized carbons (Fsp3) is 0.333. The van der Waals surface area contributed by atoms with Crippen molar-refractivity contribution in [1.29, 1.82) is 0 Å². The molecule has 4 atom stereocenters. The van der Waals surface area contributed by atoms with Crippen molar-refractivity contribution in [1.82, 2.24) is 15.2 Å². The van der Waals surface area contributed by atoms with E-state index in [0.717, 1.165) is 22.2 Å². The van der Waals surface area contributed by atoms with Crippen LogP contribution in [0.4, 0.5) is 0 Å². The van der Waals surface area contributed by atoms with Gasteiger partial charge in [0.15, 0.2) is 0 Å². The molecule has 0 spiro atoms. The number of para-hydroxylation sites is 2. The van der Waals surface area contributed by atoms with Gasteiger partial charge >= 0.3 is 0 Å². The Hall–Kier alpha value is -3.62. The minimum atomic E-state index is -1.02. The standard InChI is InChI=1S/C27H29N3O5/c1-16(32)30(12-10-18-14-17-6-2-4-8-21(17)29-18)22-15-20(27(34)28-11-13-31)24-19-7-3-5-9-23(19)35-26(24)25(22)33/h2-9,14-15,22,24-26,29,31,33H,10-13H2,1H3,(H,28,34)/t22-,24+,25+,26+/m1/s1. The molecule has 2 aromatic carbocycles. The van der Waals surface area contributed by atoms with Gasteiger partial charge in [0.2, 0.25) is 11.8 Å². The van der Waals surface area contributed by atoms with E-state index in [1.807, 2.05) is 48.5 Å². The molecule has 0 fully saturated rings. The SMILES string of the molecule is CC(=O)N(CCc1cc2ccccc2[nH]1)[C@@H]1C=C(C(=O)NCCO)[C@@H]2c3ccccc3O[C@@H]2[C@H]1O. The van der Waals surface area contributed by atoms with Gasteiger partial charge in [-0.1, -0.05) is 36.4 Å². The third-order valence-corrected chi connectivity index (χ3v) is 6.85. The summed E-state index contributed by atoms with van der Waals surface area (Å²) in [6.07, 6.45) is 0.531. The van der Waals surface area contributed by atoms with Gasteiger partial charge in [0, 0.05) is 48.8 Å². The Labute approximate surface area is 203 Å². The van der Waals surface area contributed by atoms with Crippen molar-refractivity contribution in [3.8, 4) is 5.75 Å². The Balaban J connectivity index is 1.45. The molecule has 0 bridgehead atoms. The lowest BCUT2D eigenvalue weighted by Gasteiger charge is -2.40. The summed E-state index contributed by atoms with van der Waals surface area (Å²) >= 11 is 0. The maximum absolute atomic E-state index is 13.1. The minimum Gasteiger partial charge on any atom is -0.486 e. The monoisotopic (exact) mass is 475 g/mol. The van der Waals surface area contributed by atoms with Crippen LogP contribution in [0.1, 0.15) is 24.1 Å². The molecule has 4 N–H and O–H groups in total. The molecule has 8 heteroatoms. The van der Waals surface area contributed by atoms with Gasteiger partial charge in [-0.25, -0.2) is 0 Å². The van der Waals surface area contributed by atoms with Crippen LogP contribution in [0.5, 0.6) is 5.75 Å². The molecule has 8 nitrogen and oxygen atoms in total. The van der Waals surface area contributed by atoms with E-state index in [-0.39, 0.29) is 25.0 Å². The van der Waals surface area contributed by atoms with E-state index in [1.54, 1.807) is 11.0 Å². The lowest BCUT2D eigenvalue weighted by atomic mass is 9.77. The van der Waals surface area contributed by atoms with Gasteiger partial charge in [0.25, 0.3) is 0 Å². The van der Waals surface area contributed by atoms with Crippen molar-refractivity contribution < 1.29 is 24.5 Å². The van der Waals surface area contributed by atoms with E-state index in [4.69, 9.17) is 4.74 Å². The smallest absolute Gasteiger partial charge is 0.247 e. The Bertz CT molecular complexity index is 1250. The molecule has 2 aliphatic rings. The predicted molar refractivity (Wildman–Crippen MR) is 131 cm³/mol. The van der Waals surface area contributed by atoms with Gasteiger partial charge in [-0.15, -0.1) is 0 Å². The number of aromatic amines is 1. The zero-order valence-corrected chi connectivity index (χ0v) is 19.5. The average Bonchev–Trinajstić information content (AvgIpc) is 3.45. The number of hydrogen-bond acceptors (Lipinski definition) is 5. The van der Waals surface area contributed by atoms with Gasteiger partial charge < -0.3 is 30.2 Å². The molecule has 35 heavy (non-hydrogen) atoms. The summed E-state index contributed by atoms with van der Waals surface area (Å²) in [5.74, 6) is -0.384. The summed E-state index contributed by atoms with van der Waals surface area (Å²) in [6.45, 7) is 1.75. The molecule has 0 saturated carbocycles. The minimum absolute atomic E-state index is 0.111. The van der Waals surface area contributed by atoms with Gasteiger partial charge in [-0.05, 0) is 29.7 Å². The van der Waals surface area contributed by atoms with E-state index in [9.17, 15) is 19.8 Å². The molecule has 2 amide bonds. The second kappa shape index (κ2) is 9.56. The first kappa shape index (κ1) is 23.1. The van der Waals surface area contributed by atoms with Crippen molar-refractivity contribution in [3.63, 3.8) is 0 Å². The second-order valence-corrected chi connectivity index (χ2v) is 9.02. The highest BCUT2D eigenvalue weighted by Crippen LogP contribution is 2.47. The number of carbonyl (C=O) groups is 2. The number of aliphatic hydroxyl groups excluding tert-OH is 2. The highest BCUT2D eigenvalue weighted by molar-refractivity contribution is 5.96. The lowest BCUT2D eigenvalue weighted by Crippen LogP contribution is -2.55. The molecule has 0 radical (unpaired) electrons. The molecule has 1 aromatic heterocycles. The summed E-state index contributed by atoms with van der Waals surface area (Å²) in [5.41, 5.74) is 3.26. The number of fused-ring (bicyclic) bond motifs is 4. The van der Waals surface area contributed by atoms with Gasteiger partial charge in [-0.3, -0.25) is 9.59 Å². The molecular formula is C27H29N3O5. The summed E-state index contributed by atoms with van der Waals surface area (Å²) in [5, 5.41) is 24.4. The molecule has 5 rings (SSSR count). The average molecular weight is 476 g/mol. The third-order valence-electron chi connectivity index (χ3n) is 6.85. The molecule has 3 aromatic rings. The van der Waals surface area contributed by atoms with Crippen LogP contribution in [0.15, 0.2) is 66.2 Å². The van der Waals surface area contributed by atoms with E-state index >= 15 is 0 Å². The quantitative estimate of drug-likeness (QED) is 0.417. The molecule has 1 aliphatic heterocycles. The number of ether oxygens (including phenoxy) is 1. The van der Waals surface area contributed by atoms with E-state index in [0.29, 0.717) is 24.3 Å². The van der Waals surface area contributed by atoms with Crippen LogP contribution in [0.3, 0.4) is 0 Å². The normalized spacial score (nSPS) is 22.7. The number of rotatable bonds is 7. The van der Waals surface area contributed by atoms with Crippen molar-refractivity contribution in [3.05, 3.63) is 77.5 Å². The second-order valence-electron chi connectivity index (χ2n) is 9.02. The summed E-state index contributed by atoms with van der Waals surface area (Å²) in [6, 6.07) is 16.7. The maximum atomic E-state index is 13.1. The maximum Gasteiger partial charge on any atom is 0.247 e. The van der Waals surface area contributed by atoms with Crippen molar-refractivity contribution >= 4 is 22.7 Å². The Morgan fingerprint density at radius 3 is 2.69 bits per heavy atom. The zero-order valence-electron chi connectivity index (χ0n) is 19.5. The number of aromatic nitrogens is 1.